The van der Waals surface area contributed by atoms with E-state index in [1.54, 1.807) is 12.1 Å². The average Bonchev–Trinajstić information content (AvgIpc) is 3.68. The van der Waals surface area contributed by atoms with Gasteiger partial charge in [0.05, 0.1) is 22.2 Å². The molecule has 1 saturated heterocycles. The number of fused-ring (bicyclic) bond motifs is 1. The molecule has 3 heterocycles. The topological polar surface area (TPSA) is 156 Å². The highest BCUT2D eigenvalue weighted by Crippen LogP contribution is 2.31. The van der Waals surface area contributed by atoms with Gasteiger partial charge in [-0.3, -0.25) is 14.9 Å². The van der Waals surface area contributed by atoms with Gasteiger partial charge >= 0.3 is 6.09 Å². The predicted octanol–water partition coefficient (Wildman–Crippen LogP) is 7.18. The fourth-order valence-corrected chi connectivity index (χ4v) is 8.69. The van der Waals surface area contributed by atoms with Crippen LogP contribution in [0.3, 0.4) is 0 Å². The highest BCUT2D eigenvalue weighted by atomic mass is 32.1. The smallest absolute Gasteiger partial charge is 0.411 e. The number of thiophene rings is 1. The molecule has 1 aliphatic carbocycles. The molecule has 1 aliphatic heterocycles. The van der Waals surface area contributed by atoms with E-state index in [0.29, 0.717) is 33.8 Å². The third-order valence-electron chi connectivity index (χ3n) is 10.9. The van der Waals surface area contributed by atoms with Crippen LogP contribution >= 0.6 is 11.3 Å². The number of H-pyrrole nitrogens is 1. The summed E-state index contributed by atoms with van der Waals surface area (Å²) in [6, 6.07) is 27.9. The first-order chi connectivity index (χ1) is 26.8. The summed E-state index contributed by atoms with van der Waals surface area (Å²) in [6.45, 7) is 3.64. The van der Waals surface area contributed by atoms with Crippen molar-refractivity contribution in [1.29, 1.82) is 0 Å². The van der Waals surface area contributed by atoms with Gasteiger partial charge in [-0.15, -0.1) is 11.3 Å². The molecule has 55 heavy (non-hydrogen) atoms. The summed E-state index contributed by atoms with van der Waals surface area (Å²) in [5.41, 5.74) is 3.34. The number of aromatic nitrogens is 1. The lowest BCUT2D eigenvalue weighted by atomic mass is 9.84. The second-order valence-corrected chi connectivity index (χ2v) is 15.8. The molecular formula is C43H49N5O6S. The molecule has 2 aliphatic rings. The Morgan fingerprint density at radius 1 is 0.891 bits per heavy atom. The Morgan fingerprint density at radius 3 is 2.45 bits per heavy atom. The van der Waals surface area contributed by atoms with Crippen LogP contribution in [-0.2, 0) is 11.3 Å². The van der Waals surface area contributed by atoms with E-state index in [1.807, 2.05) is 66.7 Å². The number of aliphatic hydroxyl groups excluding tert-OH is 1. The fourth-order valence-electron chi connectivity index (χ4n) is 7.81. The molecule has 288 valence electrons. The van der Waals surface area contributed by atoms with Crippen LogP contribution in [0.1, 0.15) is 71.2 Å². The number of carbonyl (C=O) groups excluding carboxylic acids is 2. The van der Waals surface area contributed by atoms with Gasteiger partial charge in [0, 0.05) is 54.1 Å². The molecule has 0 spiro atoms. The number of pyridine rings is 1. The maximum Gasteiger partial charge on any atom is 0.411 e. The largest absolute Gasteiger partial charge is 0.506 e. The Morgan fingerprint density at radius 2 is 1.65 bits per heavy atom. The summed E-state index contributed by atoms with van der Waals surface area (Å²) in [5, 5.41) is 31.0. The minimum atomic E-state index is -0.853. The molecule has 5 aromatic rings. The van der Waals surface area contributed by atoms with E-state index in [2.05, 4.69) is 25.8 Å². The Balaban J connectivity index is 0.775. The zero-order valence-corrected chi connectivity index (χ0v) is 31.7. The van der Waals surface area contributed by atoms with Crippen molar-refractivity contribution in [2.24, 2.45) is 5.92 Å². The predicted molar refractivity (Wildman–Crippen MR) is 216 cm³/mol. The molecule has 6 N–H and O–H groups in total. The summed E-state index contributed by atoms with van der Waals surface area (Å²) < 4.78 is 5.83. The van der Waals surface area contributed by atoms with Crippen LogP contribution in [0.5, 0.6) is 5.75 Å². The van der Waals surface area contributed by atoms with Gasteiger partial charge < -0.3 is 35.5 Å². The van der Waals surface area contributed by atoms with Gasteiger partial charge in [-0.25, -0.2) is 4.79 Å². The van der Waals surface area contributed by atoms with Crippen LogP contribution in [-0.4, -0.2) is 70.4 Å². The lowest BCUT2D eigenvalue weighted by Crippen LogP contribution is -2.40. The van der Waals surface area contributed by atoms with Gasteiger partial charge in [0.1, 0.15) is 11.9 Å². The summed E-state index contributed by atoms with van der Waals surface area (Å²) in [6.07, 6.45) is 5.61. The summed E-state index contributed by atoms with van der Waals surface area (Å²) in [7, 11) is 0. The van der Waals surface area contributed by atoms with Crippen molar-refractivity contribution in [2.45, 2.75) is 69.7 Å². The number of phenolic OH excluding ortho intramolecular Hbond substituents is 1. The number of ether oxygens (including phenoxy) is 1. The second-order valence-electron chi connectivity index (χ2n) is 14.7. The minimum Gasteiger partial charge on any atom is -0.506 e. The molecule has 2 amide bonds. The van der Waals surface area contributed by atoms with Crippen molar-refractivity contribution in [2.75, 3.05) is 31.5 Å². The van der Waals surface area contributed by atoms with Crippen molar-refractivity contribution >= 4 is 39.9 Å². The lowest BCUT2D eigenvalue weighted by molar-refractivity contribution is 0.0563. The van der Waals surface area contributed by atoms with Gasteiger partial charge in [0.15, 0.2) is 0 Å². The van der Waals surface area contributed by atoms with Crippen molar-refractivity contribution < 1.29 is 24.5 Å². The van der Waals surface area contributed by atoms with Gasteiger partial charge in [-0.1, -0.05) is 54.6 Å². The maximum atomic E-state index is 13.1. The fraction of sp³-hybridized carbons (Fsp3) is 0.372. The third-order valence-corrected chi connectivity index (χ3v) is 12.0. The number of aliphatic hydroxyl groups is 1. The number of nitrogens with zero attached hydrogens (tertiary/aromatic N) is 1. The minimum absolute atomic E-state index is 0.0385. The van der Waals surface area contributed by atoms with Crippen molar-refractivity contribution in [3.8, 4) is 16.9 Å². The van der Waals surface area contributed by atoms with E-state index in [4.69, 9.17) is 4.74 Å². The first-order valence-corrected chi connectivity index (χ1v) is 20.1. The van der Waals surface area contributed by atoms with E-state index in [9.17, 15) is 24.6 Å². The van der Waals surface area contributed by atoms with E-state index in [0.717, 1.165) is 86.3 Å². The Labute approximate surface area is 324 Å². The van der Waals surface area contributed by atoms with Crippen LogP contribution in [0.2, 0.25) is 0 Å². The van der Waals surface area contributed by atoms with Crippen molar-refractivity contribution in [1.82, 2.24) is 20.5 Å². The number of hydrogen-bond acceptors (Lipinski definition) is 9. The van der Waals surface area contributed by atoms with Gasteiger partial charge in [-0.2, -0.15) is 0 Å². The number of aromatic amines is 1. The van der Waals surface area contributed by atoms with Crippen LogP contribution in [0.25, 0.3) is 22.0 Å². The number of amides is 2. The number of anilines is 1. The Hall–Kier alpha value is -5.01. The third kappa shape index (κ3) is 10.0. The van der Waals surface area contributed by atoms with Gasteiger partial charge in [0.2, 0.25) is 5.56 Å². The van der Waals surface area contributed by atoms with Crippen LogP contribution in [0.4, 0.5) is 10.5 Å². The number of benzene rings is 3. The molecular weight excluding hydrogens is 715 g/mol. The molecule has 3 aromatic carbocycles. The van der Waals surface area contributed by atoms with Gasteiger partial charge in [-0.05, 0) is 98.9 Å². The maximum absolute atomic E-state index is 13.1. The number of phenols is 1. The SMILES string of the molecule is O=C(Nc1ccccc1-c1ccccc1)OC1CCN(CCC2CCC(NC(=O)c3ccc(CNC[C@@H](O)c4ccc(O)c5[nH]c(=O)ccc45)s3)CC2)CC1. The number of carbonyl (C=O) groups is 2. The highest BCUT2D eigenvalue weighted by molar-refractivity contribution is 7.14. The molecule has 11 nitrogen and oxygen atoms in total. The molecule has 12 heteroatoms. The monoisotopic (exact) mass is 763 g/mol. The zero-order valence-electron chi connectivity index (χ0n) is 30.8. The molecule has 0 bridgehead atoms. The number of rotatable bonds is 13. The van der Waals surface area contributed by atoms with Crippen molar-refractivity contribution in [3.63, 3.8) is 0 Å². The van der Waals surface area contributed by atoms with E-state index in [1.165, 1.54) is 23.5 Å². The Kier molecular flexibility index (Phi) is 12.6. The molecule has 0 unspecified atom stereocenters. The molecule has 1 atom stereocenters. The quantitative estimate of drug-likeness (QED) is 0.0737. The first kappa shape index (κ1) is 38.3. The number of para-hydroxylation sites is 1. The second kappa shape index (κ2) is 18.1. The van der Waals surface area contributed by atoms with Crippen LogP contribution in [0.15, 0.2) is 95.8 Å². The number of aromatic hydroxyl groups is 1. The normalized spacial score (nSPS) is 18.5. The molecule has 0 radical (unpaired) electrons. The van der Waals surface area contributed by atoms with Crippen LogP contribution < -0.4 is 21.5 Å². The summed E-state index contributed by atoms with van der Waals surface area (Å²) >= 11 is 1.45. The first-order valence-electron chi connectivity index (χ1n) is 19.3. The van der Waals surface area contributed by atoms with E-state index >= 15 is 0 Å². The van der Waals surface area contributed by atoms with Gasteiger partial charge in [0.25, 0.3) is 5.91 Å². The number of likely N-dealkylation sites (tertiary alicyclic amines) is 1. The zero-order chi connectivity index (χ0) is 38.1. The highest BCUT2D eigenvalue weighted by Gasteiger charge is 2.26. The number of nitrogens with one attached hydrogen (secondary N) is 4. The van der Waals surface area contributed by atoms with Crippen LogP contribution in [0, 0.1) is 5.92 Å². The molecule has 1 saturated carbocycles. The Bertz CT molecular complexity index is 2120. The summed E-state index contributed by atoms with van der Waals surface area (Å²) in [5.74, 6) is 0.563. The average molecular weight is 764 g/mol. The van der Waals surface area contributed by atoms with E-state index in [-0.39, 0.29) is 35.9 Å². The summed E-state index contributed by atoms with van der Waals surface area (Å²) in [4.78, 5) is 44.4. The standard InChI is InChI=1S/C43H49N5O6S/c49-37-17-15-34(35-16-19-40(51)47-41(35)37)38(50)27-44-26-32-14-18-39(55-32)42(52)45-30-12-10-28(11-13-30)20-23-48-24-21-31(22-25-48)54-43(53)46-36-9-5-4-8-33(36)29-6-2-1-3-7-29/h1-9,14-19,28,30-31,38,44,49-50H,10-13,20-27H2,(H,45,52)(H,46,53)(H,47,51)/t28?,30?,38-/m1/s1. The molecule has 2 aromatic heterocycles. The van der Waals surface area contributed by atoms with E-state index < -0.39 is 12.2 Å². The lowest BCUT2D eigenvalue weighted by Gasteiger charge is -2.34. The van der Waals surface area contributed by atoms with Crippen molar-refractivity contribution in [3.05, 3.63) is 117 Å². The molecule has 7 rings (SSSR count). The number of piperidine rings is 1. The number of hydrogen-bond donors (Lipinski definition) is 6. The molecule has 2 fully saturated rings.